The average molecular weight is 342 g/mol. The standard InChI is InChI=1S/C18H26N6O/c1-12-21-17(25-22-12)10-23-6-13-8-24(9-14(13)7-23)16-5-15(18(2,3)4)19-11-20-16/h5,11,13-14H,6-10H2,1-4H3. The summed E-state index contributed by atoms with van der Waals surface area (Å²) in [5, 5.41) is 3.88. The fourth-order valence-corrected chi connectivity index (χ4v) is 3.93. The highest BCUT2D eigenvalue weighted by Crippen LogP contribution is 2.34. The number of rotatable bonds is 3. The van der Waals surface area contributed by atoms with Gasteiger partial charge >= 0.3 is 0 Å². The van der Waals surface area contributed by atoms with Crippen LogP contribution in [0.4, 0.5) is 5.82 Å². The van der Waals surface area contributed by atoms with Crippen molar-refractivity contribution in [2.75, 3.05) is 31.1 Å². The van der Waals surface area contributed by atoms with Crippen LogP contribution in [-0.4, -0.2) is 51.2 Å². The van der Waals surface area contributed by atoms with Gasteiger partial charge in [0.05, 0.1) is 12.2 Å². The molecule has 2 fully saturated rings. The molecule has 134 valence electrons. The summed E-state index contributed by atoms with van der Waals surface area (Å²) in [6, 6.07) is 2.15. The second kappa shape index (κ2) is 6.05. The number of fused-ring (bicyclic) bond motifs is 1. The number of aromatic nitrogens is 4. The molecule has 7 nitrogen and oxygen atoms in total. The minimum absolute atomic E-state index is 0.0479. The lowest BCUT2D eigenvalue weighted by Crippen LogP contribution is -2.29. The molecule has 7 heteroatoms. The summed E-state index contributed by atoms with van der Waals surface area (Å²) < 4.78 is 5.25. The Morgan fingerprint density at radius 2 is 1.84 bits per heavy atom. The fraction of sp³-hybridized carbons (Fsp3) is 0.667. The van der Waals surface area contributed by atoms with Crippen molar-refractivity contribution in [1.29, 1.82) is 0 Å². The molecule has 2 saturated heterocycles. The monoisotopic (exact) mass is 342 g/mol. The third-order valence-corrected chi connectivity index (χ3v) is 5.24. The summed E-state index contributed by atoms with van der Waals surface area (Å²) in [5.74, 6) is 3.85. The summed E-state index contributed by atoms with van der Waals surface area (Å²) >= 11 is 0. The van der Waals surface area contributed by atoms with E-state index >= 15 is 0 Å². The molecule has 2 unspecified atom stereocenters. The molecule has 0 spiro atoms. The van der Waals surface area contributed by atoms with Gasteiger partial charge in [0.2, 0.25) is 5.89 Å². The molecule has 0 radical (unpaired) electrons. The molecular formula is C18H26N6O. The summed E-state index contributed by atoms with van der Waals surface area (Å²) in [6.45, 7) is 13.5. The Kier molecular flexibility index (Phi) is 3.98. The van der Waals surface area contributed by atoms with Crippen LogP contribution in [-0.2, 0) is 12.0 Å². The Morgan fingerprint density at radius 1 is 1.12 bits per heavy atom. The lowest BCUT2D eigenvalue weighted by molar-refractivity contribution is 0.255. The van der Waals surface area contributed by atoms with Crippen molar-refractivity contribution in [2.24, 2.45) is 11.8 Å². The highest BCUT2D eigenvalue weighted by molar-refractivity contribution is 5.42. The largest absolute Gasteiger partial charge is 0.356 e. The Labute approximate surface area is 148 Å². The molecule has 0 bridgehead atoms. The normalized spacial score (nSPS) is 24.1. The van der Waals surface area contributed by atoms with Crippen LogP contribution in [0.1, 0.15) is 38.2 Å². The van der Waals surface area contributed by atoms with Gasteiger partial charge in [-0.2, -0.15) is 4.98 Å². The highest BCUT2D eigenvalue weighted by atomic mass is 16.5. The molecule has 0 aliphatic carbocycles. The SMILES string of the molecule is Cc1noc(CN2CC3CN(c4cc(C(C)(C)C)ncn4)CC3C2)n1. The zero-order valence-electron chi connectivity index (χ0n) is 15.4. The van der Waals surface area contributed by atoms with E-state index < -0.39 is 0 Å². The van der Waals surface area contributed by atoms with Gasteiger partial charge in [-0.25, -0.2) is 9.97 Å². The molecule has 0 N–H and O–H groups in total. The molecule has 0 amide bonds. The van der Waals surface area contributed by atoms with Crippen molar-refractivity contribution in [3.05, 3.63) is 29.8 Å². The van der Waals surface area contributed by atoms with Crippen molar-refractivity contribution in [3.63, 3.8) is 0 Å². The Bertz CT molecular complexity index is 738. The number of aryl methyl sites for hydroxylation is 1. The van der Waals surface area contributed by atoms with Crippen molar-refractivity contribution in [1.82, 2.24) is 25.0 Å². The Morgan fingerprint density at radius 3 is 2.44 bits per heavy atom. The van der Waals surface area contributed by atoms with Gasteiger partial charge in [-0.05, 0) is 18.8 Å². The lowest BCUT2D eigenvalue weighted by atomic mass is 9.92. The van der Waals surface area contributed by atoms with Gasteiger partial charge in [0.15, 0.2) is 5.82 Å². The van der Waals surface area contributed by atoms with Gasteiger partial charge < -0.3 is 9.42 Å². The molecule has 2 aliphatic rings. The minimum atomic E-state index is 0.0479. The first-order chi connectivity index (χ1) is 11.9. The van der Waals surface area contributed by atoms with Crippen LogP contribution in [0, 0.1) is 18.8 Å². The second-order valence-electron chi connectivity index (χ2n) is 8.37. The second-order valence-corrected chi connectivity index (χ2v) is 8.37. The van der Waals surface area contributed by atoms with Gasteiger partial charge in [0.1, 0.15) is 12.1 Å². The summed E-state index contributed by atoms with van der Waals surface area (Å²) in [5.41, 5.74) is 1.15. The number of hydrogen-bond acceptors (Lipinski definition) is 7. The molecule has 0 saturated carbocycles. The summed E-state index contributed by atoms with van der Waals surface area (Å²) in [4.78, 5) is 18.1. The Hall–Kier alpha value is -2.02. The van der Waals surface area contributed by atoms with Crippen LogP contribution in [0.2, 0.25) is 0 Å². The van der Waals surface area contributed by atoms with E-state index in [1.807, 2.05) is 6.92 Å². The number of anilines is 1. The molecule has 4 heterocycles. The zero-order chi connectivity index (χ0) is 17.6. The first-order valence-electron chi connectivity index (χ1n) is 8.97. The average Bonchev–Trinajstić information content (AvgIpc) is 3.22. The van der Waals surface area contributed by atoms with E-state index in [-0.39, 0.29) is 5.41 Å². The van der Waals surface area contributed by atoms with E-state index in [9.17, 15) is 0 Å². The predicted octanol–water partition coefficient (Wildman–Crippen LogP) is 2.03. The smallest absolute Gasteiger partial charge is 0.240 e. The van der Waals surface area contributed by atoms with Crippen molar-refractivity contribution in [2.45, 2.75) is 39.7 Å². The van der Waals surface area contributed by atoms with Gasteiger partial charge in [-0.3, -0.25) is 4.90 Å². The molecule has 25 heavy (non-hydrogen) atoms. The zero-order valence-corrected chi connectivity index (χ0v) is 15.4. The quantitative estimate of drug-likeness (QED) is 0.845. The van der Waals surface area contributed by atoms with Crippen LogP contribution in [0.3, 0.4) is 0 Å². The van der Waals surface area contributed by atoms with Gasteiger partial charge in [0.25, 0.3) is 0 Å². The van der Waals surface area contributed by atoms with Crippen LogP contribution < -0.4 is 4.90 Å². The highest BCUT2D eigenvalue weighted by Gasteiger charge is 2.40. The minimum Gasteiger partial charge on any atom is -0.356 e. The van der Waals surface area contributed by atoms with Crippen LogP contribution in [0.25, 0.3) is 0 Å². The molecule has 2 atom stereocenters. The summed E-state index contributed by atoms with van der Waals surface area (Å²) in [7, 11) is 0. The van der Waals surface area contributed by atoms with Crippen molar-refractivity contribution < 1.29 is 4.52 Å². The maximum Gasteiger partial charge on any atom is 0.240 e. The lowest BCUT2D eigenvalue weighted by Gasteiger charge is -2.23. The van der Waals surface area contributed by atoms with E-state index in [2.05, 4.69) is 56.7 Å². The first-order valence-corrected chi connectivity index (χ1v) is 8.97. The third-order valence-electron chi connectivity index (χ3n) is 5.24. The van der Waals surface area contributed by atoms with E-state index in [4.69, 9.17) is 4.52 Å². The fourth-order valence-electron chi connectivity index (χ4n) is 3.93. The van der Waals surface area contributed by atoms with E-state index in [0.717, 1.165) is 50.1 Å². The predicted molar refractivity (Wildman–Crippen MR) is 94.2 cm³/mol. The first kappa shape index (κ1) is 16.4. The molecular weight excluding hydrogens is 316 g/mol. The van der Waals surface area contributed by atoms with Gasteiger partial charge in [-0.1, -0.05) is 25.9 Å². The van der Waals surface area contributed by atoms with Gasteiger partial charge in [-0.15, -0.1) is 0 Å². The topological polar surface area (TPSA) is 71.2 Å². The van der Waals surface area contributed by atoms with E-state index in [0.29, 0.717) is 17.7 Å². The van der Waals surface area contributed by atoms with Gasteiger partial charge in [0, 0.05) is 37.7 Å². The van der Waals surface area contributed by atoms with Crippen LogP contribution in [0.5, 0.6) is 0 Å². The number of hydrogen-bond donors (Lipinski definition) is 0. The van der Waals surface area contributed by atoms with Crippen LogP contribution in [0.15, 0.2) is 16.9 Å². The number of nitrogens with zero attached hydrogens (tertiary/aromatic N) is 6. The molecule has 0 aromatic carbocycles. The van der Waals surface area contributed by atoms with E-state index in [1.54, 1.807) is 6.33 Å². The third kappa shape index (κ3) is 3.38. The maximum atomic E-state index is 5.25. The summed E-state index contributed by atoms with van der Waals surface area (Å²) in [6.07, 6.45) is 1.70. The van der Waals surface area contributed by atoms with E-state index in [1.165, 1.54) is 0 Å². The molecule has 2 aromatic heterocycles. The molecule has 2 aromatic rings. The van der Waals surface area contributed by atoms with Crippen molar-refractivity contribution in [3.8, 4) is 0 Å². The maximum absolute atomic E-state index is 5.25. The number of likely N-dealkylation sites (tertiary alicyclic amines) is 1. The molecule has 4 rings (SSSR count). The van der Waals surface area contributed by atoms with Crippen molar-refractivity contribution >= 4 is 5.82 Å². The Balaban J connectivity index is 1.39. The van der Waals surface area contributed by atoms with Crippen LogP contribution >= 0.6 is 0 Å². The molecule has 2 aliphatic heterocycles.